The number of rotatable bonds is 7. The lowest BCUT2D eigenvalue weighted by atomic mass is 10.2. The molecule has 0 saturated heterocycles. The summed E-state index contributed by atoms with van der Waals surface area (Å²) in [5, 5.41) is 4.86. The molecule has 0 radical (unpaired) electrons. The monoisotopic (exact) mass is 489 g/mol. The molecule has 0 unspecified atom stereocenters. The summed E-state index contributed by atoms with van der Waals surface area (Å²) in [7, 11) is 0. The van der Waals surface area contributed by atoms with Crippen LogP contribution < -0.4 is 5.43 Å². The Morgan fingerprint density at radius 2 is 1.83 bits per heavy atom. The molecule has 0 fully saturated rings. The lowest BCUT2D eigenvalue weighted by Gasteiger charge is -2.08. The van der Waals surface area contributed by atoms with E-state index in [0.717, 1.165) is 32.0 Å². The van der Waals surface area contributed by atoms with Crippen molar-refractivity contribution in [1.82, 2.24) is 9.99 Å². The standard InChI is InChI=1S/C22H21BrClN3OS/c1-15-20(22(23)16(2)27(15)18-6-4-3-5-7-18)14-25-26-21(28)12-13-29-19-10-8-17(24)9-11-19/h3-11,14H,12-13H2,1-2H3,(H,26,28)/b25-14-. The topological polar surface area (TPSA) is 46.4 Å². The molecule has 7 heteroatoms. The van der Waals surface area contributed by atoms with Crippen LogP contribution in [-0.2, 0) is 4.79 Å². The van der Waals surface area contributed by atoms with E-state index in [1.165, 1.54) is 0 Å². The van der Waals surface area contributed by atoms with Gasteiger partial charge in [-0.25, -0.2) is 5.43 Å². The molecule has 0 spiro atoms. The molecule has 29 heavy (non-hydrogen) atoms. The van der Waals surface area contributed by atoms with E-state index in [-0.39, 0.29) is 5.91 Å². The average molecular weight is 491 g/mol. The molecule has 1 amide bonds. The van der Waals surface area contributed by atoms with E-state index in [1.54, 1.807) is 18.0 Å². The summed E-state index contributed by atoms with van der Waals surface area (Å²) in [6, 6.07) is 17.7. The van der Waals surface area contributed by atoms with Crippen LogP contribution in [0.2, 0.25) is 5.02 Å². The third-order valence-corrected chi connectivity index (χ3v) is 6.69. The maximum Gasteiger partial charge on any atom is 0.240 e. The van der Waals surface area contributed by atoms with Crippen molar-refractivity contribution < 1.29 is 4.79 Å². The van der Waals surface area contributed by atoms with Gasteiger partial charge < -0.3 is 4.57 Å². The van der Waals surface area contributed by atoms with Gasteiger partial charge in [0, 0.05) is 49.2 Å². The first-order chi connectivity index (χ1) is 14.0. The van der Waals surface area contributed by atoms with Gasteiger partial charge >= 0.3 is 0 Å². The number of nitrogens with one attached hydrogen (secondary N) is 1. The molecule has 0 aliphatic heterocycles. The number of para-hydroxylation sites is 1. The zero-order chi connectivity index (χ0) is 20.8. The fourth-order valence-electron chi connectivity index (χ4n) is 2.96. The second kappa shape index (κ2) is 10.1. The first-order valence-corrected chi connectivity index (χ1v) is 11.3. The highest BCUT2D eigenvalue weighted by Crippen LogP contribution is 2.29. The quantitative estimate of drug-likeness (QED) is 0.245. The minimum absolute atomic E-state index is 0.115. The van der Waals surface area contributed by atoms with E-state index in [2.05, 4.69) is 43.2 Å². The highest BCUT2D eigenvalue weighted by Gasteiger charge is 2.15. The number of halogens is 2. The number of benzene rings is 2. The second-order valence-electron chi connectivity index (χ2n) is 6.41. The van der Waals surface area contributed by atoms with E-state index in [1.807, 2.05) is 56.3 Å². The van der Waals surface area contributed by atoms with Crippen LogP contribution in [0.4, 0.5) is 0 Å². The third-order valence-electron chi connectivity index (χ3n) is 4.42. The molecule has 150 valence electrons. The molecule has 2 aromatic carbocycles. The largest absolute Gasteiger partial charge is 0.317 e. The molecule has 0 atom stereocenters. The van der Waals surface area contributed by atoms with Crippen molar-refractivity contribution in [3.8, 4) is 5.69 Å². The first-order valence-electron chi connectivity index (χ1n) is 9.10. The van der Waals surface area contributed by atoms with Gasteiger partial charge in [0.15, 0.2) is 0 Å². The average Bonchev–Trinajstić information content (AvgIpc) is 2.93. The summed E-state index contributed by atoms with van der Waals surface area (Å²) in [4.78, 5) is 13.2. The first kappa shape index (κ1) is 21.7. The van der Waals surface area contributed by atoms with Crippen molar-refractivity contribution in [2.24, 2.45) is 5.10 Å². The third kappa shape index (κ3) is 5.53. The molecule has 4 nitrogen and oxygen atoms in total. The number of hydrogen-bond donors (Lipinski definition) is 1. The van der Waals surface area contributed by atoms with Crippen molar-refractivity contribution in [3.05, 3.63) is 81.0 Å². The molecule has 3 rings (SSSR count). The Balaban J connectivity index is 1.58. The van der Waals surface area contributed by atoms with E-state index < -0.39 is 0 Å². The Bertz CT molecular complexity index is 1020. The van der Waals surface area contributed by atoms with Gasteiger partial charge in [-0.15, -0.1) is 11.8 Å². The molecule has 0 aliphatic carbocycles. The van der Waals surface area contributed by atoms with Crippen molar-refractivity contribution in [3.63, 3.8) is 0 Å². The van der Waals surface area contributed by atoms with Crippen LogP contribution in [0.3, 0.4) is 0 Å². The van der Waals surface area contributed by atoms with Crippen molar-refractivity contribution in [1.29, 1.82) is 0 Å². The van der Waals surface area contributed by atoms with Gasteiger partial charge in [-0.05, 0) is 66.2 Å². The highest BCUT2D eigenvalue weighted by atomic mass is 79.9. The van der Waals surface area contributed by atoms with E-state index >= 15 is 0 Å². The maximum absolute atomic E-state index is 12.1. The number of carbonyl (C=O) groups is 1. The Morgan fingerprint density at radius 1 is 1.14 bits per heavy atom. The smallest absolute Gasteiger partial charge is 0.240 e. The number of carbonyl (C=O) groups excluding carboxylic acids is 1. The van der Waals surface area contributed by atoms with Crippen LogP contribution in [0.5, 0.6) is 0 Å². The van der Waals surface area contributed by atoms with Crippen molar-refractivity contribution in [2.75, 3.05) is 5.75 Å². The normalized spacial score (nSPS) is 11.2. The van der Waals surface area contributed by atoms with Crippen LogP contribution in [0.1, 0.15) is 23.4 Å². The van der Waals surface area contributed by atoms with Crippen molar-refractivity contribution >= 4 is 51.4 Å². The number of hydrazone groups is 1. The predicted molar refractivity (Wildman–Crippen MR) is 125 cm³/mol. The molecule has 0 bridgehead atoms. The van der Waals surface area contributed by atoms with Gasteiger partial charge in [-0.2, -0.15) is 5.10 Å². The molecule has 0 saturated carbocycles. The van der Waals surface area contributed by atoms with E-state index in [4.69, 9.17) is 11.6 Å². The summed E-state index contributed by atoms with van der Waals surface area (Å²) in [6.07, 6.45) is 2.07. The fourth-order valence-corrected chi connectivity index (χ4v) is 4.50. The van der Waals surface area contributed by atoms with E-state index in [9.17, 15) is 4.79 Å². The summed E-state index contributed by atoms with van der Waals surface area (Å²) < 4.78 is 3.13. The van der Waals surface area contributed by atoms with E-state index in [0.29, 0.717) is 17.2 Å². The fraction of sp³-hybridized carbons (Fsp3) is 0.182. The number of thioether (sulfide) groups is 1. The Labute approximate surface area is 188 Å². The molecular weight excluding hydrogens is 470 g/mol. The Morgan fingerprint density at radius 3 is 2.52 bits per heavy atom. The number of amides is 1. The van der Waals surface area contributed by atoms with Crippen LogP contribution in [0.25, 0.3) is 5.69 Å². The summed E-state index contributed by atoms with van der Waals surface area (Å²) in [5.41, 5.74) is 6.79. The number of nitrogens with zero attached hydrogens (tertiary/aromatic N) is 2. The number of hydrogen-bond acceptors (Lipinski definition) is 3. The van der Waals surface area contributed by atoms with Crippen molar-refractivity contribution in [2.45, 2.75) is 25.2 Å². The minimum Gasteiger partial charge on any atom is -0.317 e. The molecule has 1 heterocycles. The summed E-state index contributed by atoms with van der Waals surface area (Å²) in [5.74, 6) is 0.561. The van der Waals surface area contributed by atoms with Gasteiger partial charge in [0.25, 0.3) is 0 Å². The van der Waals surface area contributed by atoms with Gasteiger partial charge in [0.1, 0.15) is 0 Å². The molecule has 1 aromatic heterocycles. The highest BCUT2D eigenvalue weighted by molar-refractivity contribution is 9.10. The second-order valence-corrected chi connectivity index (χ2v) is 8.81. The van der Waals surface area contributed by atoms with Gasteiger partial charge in [-0.3, -0.25) is 4.79 Å². The molecule has 1 N–H and O–H groups in total. The zero-order valence-electron chi connectivity index (χ0n) is 16.2. The maximum atomic E-state index is 12.1. The zero-order valence-corrected chi connectivity index (χ0v) is 19.3. The van der Waals surface area contributed by atoms with Gasteiger partial charge in [0.05, 0.1) is 6.21 Å². The summed E-state index contributed by atoms with van der Waals surface area (Å²) >= 11 is 11.1. The van der Waals surface area contributed by atoms with Gasteiger partial charge in [-0.1, -0.05) is 29.8 Å². The Hall–Kier alpha value is -2.02. The lowest BCUT2D eigenvalue weighted by molar-refractivity contribution is -0.120. The van der Waals surface area contributed by atoms with Gasteiger partial charge in [0.2, 0.25) is 5.91 Å². The predicted octanol–water partition coefficient (Wildman–Crippen LogP) is 6.14. The molecule has 3 aromatic rings. The van der Waals surface area contributed by atoms with Crippen LogP contribution in [-0.4, -0.2) is 22.4 Å². The Kier molecular flexibility index (Phi) is 7.58. The van der Waals surface area contributed by atoms with Crippen LogP contribution in [0.15, 0.2) is 69.1 Å². The molecular formula is C22H21BrClN3OS. The summed E-state index contributed by atoms with van der Waals surface area (Å²) in [6.45, 7) is 4.09. The molecule has 0 aliphatic rings. The van der Waals surface area contributed by atoms with Crippen LogP contribution >= 0.6 is 39.3 Å². The lowest BCUT2D eigenvalue weighted by Crippen LogP contribution is -2.17. The minimum atomic E-state index is -0.115. The SMILES string of the molecule is Cc1c(Br)c(/C=N\NC(=O)CCSc2ccc(Cl)cc2)c(C)n1-c1ccccc1. The number of aromatic nitrogens is 1. The van der Waals surface area contributed by atoms with Crippen LogP contribution in [0, 0.1) is 13.8 Å².